The first kappa shape index (κ1) is 18.6. The number of benzene rings is 2. The maximum Gasteiger partial charge on any atom is 0.216 e. The largest absolute Gasteiger partial charge is 0.356 e. The first-order valence-electron chi connectivity index (χ1n) is 7.75. The number of thioether (sulfide) groups is 1. The van der Waals surface area contributed by atoms with Crippen LogP contribution < -0.4 is 5.32 Å². The second-order valence-electron chi connectivity index (χ2n) is 5.51. The highest BCUT2D eigenvalue weighted by Crippen LogP contribution is 2.26. The first-order chi connectivity index (χ1) is 11.5. The van der Waals surface area contributed by atoms with E-state index in [1.54, 1.807) is 0 Å². The Morgan fingerprint density at radius 3 is 2.29 bits per heavy atom. The minimum Gasteiger partial charge on any atom is -0.356 e. The van der Waals surface area contributed by atoms with E-state index in [0.29, 0.717) is 17.1 Å². The summed E-state index contributed by atoms with van der Waals surface area (Å²) in [6.45, 7) is 4.01. The molecule has 0 radical (unpaired) electrons. The number of hydrogen-bond donors (Lipinski definition) is 1. The van der Waals surface area contributed by atoms with Crippen molar-refractivity contribution in [1.82, 2.24) is 5.32 Å². The molecule has 1 N–H and O–H groups in total. The number of carbonyl (C=O) groups is 2. The van der Waals surface area contributed by atoms with Crippen molar-refractivity contribution in [2.75, 3.05) is 6.54 Å². The van der Waals surface area contributed by atoms with Crippen LogP contribution in [0.15, 0.2) is 53.4 Å². The molecule has 0 aliphatic rings. The van der Waals surface area contributed by atoms with Gasteiger partial charge in [0.2, 0.25) is 5.91 Å². The molecule has 2 aromatic carbocycles. The van der Waals surface area contributed by atoms with Crippen molar-refractivity contribution >= 4 is 35.1 Å². The quantitative estimate of drug-likeness (QED) is 0.588. The molecule has 2 rings (SSSR count). The van der Waals surface area contributed by atoms with Crippen molar-refractivity contribution in [3.8, 4) is 0 Å². The van der Waals surface area contributed by atoms with Gasteiger partial charge in [-0.3, -0.25) is 9.59 Å². The third-order valence-corrected chi connectivity index (χ3v) is 4.89. The van der Waals surface area contributed by atoms with Gasteiger partial charge < -0.3 is 5.32 Å². The monoisotopic (exact) mass is 361 g/mol. The van der Waals surface area contributed by atoms with E-state index in [2.05, 4.69) is 5.32 Å². The van der Waals surface area contributed by atoms with Crippen LogP contribution in [0, 0.1) is 0 Å². The Morgan fingerprint density at radius 1 is 1.08 bits per heavy atom. The third-order valence-electron chi connectivity index (χ3n) is 3.52. The molecule has 0 spiro atoms. The molecule has 0 aliphatic carbocycles. The number of ketones is 1. The minimum absolute atomic E-state index is 0.0325. The second kappa shape index (κ2) is 8.90. The van der Waals surface area contributed by atoms with Crippen LogP contribution >= 0.6 is 23.4 Å². The van der Waals surface area contributed by atoms with Crippen molar-refractivity contribution < 1.29 is 9.59 Å². The van der Waals surface area contributed by atoms with E-state index in [1.807, 2.05) is 55.5 Å². The van der Waals surface area contributed by atoms with Crippen LogP contribution in [0.25, 0.3) is 0 Å². The van der Waals surface area contributed by atoms with E-state index in [0.717, 1.165) is 16.9 Å². The van der Waals surface area contributed by atoms with Crippen molar-refractivity contribution in [2.24, 2.45) is 0 Å². The third kappa shape index (κ3) is 5.69. The van der Waals surface area contributed by atoms with Gasteiger partial charge in [0.15, 0.2) is 5.78 Å². The summed E-state index contributed by atoms with van der Waals surface area (Å²) in [5.74, 6) is 0.0678. The van der Waals surface area contributed by atoms with E-state index in [4.69, 9.17) is 11.6 Å². The van der Waals surface area contributed by atoms with E-state index in [9.17, 15) is 9.59 Å². The fraction of sp³-hybridized carbons (Fsp3) is 0.263. The van der Waals surface area contributed by atoms with Crippen LogP contribution in [0.1, 0.15) is 29.8 Å². The van der Waals surface area contributed by atoms with E-state index >= 15 is 0 Å². The Hall–Kier alpha value is -1.78. The molecule has 5 heteroatoms. The summed E-state index contributed by atoms with van der Waals surface area (Å²) in [7, 11) is 0. The number of amides is 1. The molecule has 2 aromatic rings. The Balaban J connectivity index is 1.93. The van der Waals surface area contributed by atoms with Crippen LogP contribution in [0.2, 0.25) is 5.02 Å². The number of rotatable bonds is 7. The van der Waals surface area contributed by atoms with Gasteiger partial charge in [-0.25, -0.2) is 0 Å². The zero-order valence-electron chi connectivity index (χ0n) is 13.7. The number of Topliss-reactive ketones (excluding diaryl/α,β-unsaturated/α-hetero) is 1. The van der Waals surface area contributed by atoms with Gasteiger partial charge in [-0.1, -0.05) is 35.9 Å². The maximum atomic E-state index is 12.5. The molecule has 0 aliphatic heterocycles. The standard InChI is InChI=1S/C19H20ClNO2S/c1-13(24-18-9-7-17(20)8-10-18)19(23)16-5-3-15(4-6-16)11-12-21-14(2)22/h3-10,13H,11-12H2,1-2H3,(H,21,22)/t13-/m1/s1. The molecular weight excluding hydrogens is 342 g/mol. The SMILES string of the molecule is CC(=O)NCCc1ccc(C(=O)[C@@H](C)Sc2ccc(Cl)cc2)cc1. The average molecular weight is 362 g/mol. The molecule has 126 valence electrons. The van der Waals surface area contributed by atoms with Gasteiger partial charge >= 0.3 is 0 Å². The Kier molecular flexibility index (Phi) is 6.88. The zero-order valence-corrected chi connectivity index (χ0v) is 15.3. The van der Waals surface area contributed by atoms with Crippen molar-refractivity contribution in [2.45, 2.75) is 30.4 Å². The van der Waals surface area contributed by atoms with Gasteiger partial charge in [-0.05, 0) is 43.2 Å². The lowest BCUT2D eigenvalue weighted by atomic mass is 10.0. The number of carbonyl (C=O) groups excluding carboxylic acids is 2. The average Bonchev–Trinajstić information content (AvgIpc) is 2.56. The number of nitrogens with one attached hydrogen (secondary N) is 1. The molecule has 0 bridgehead atoms. The van der Waals surface area contributed by atoms with Crippen molar-refractivity contribution in [3.63, 3.8) is 0 Å². The summed E-state index contributed by atoms with van der Waals surface area (Å²) in [5.41, 5.74) is 1.80. The van der Waals surface area contributed by atoms with Crippen LogP contribution in [0.5, 0.6) is 0 Å². The molecule has 1 atom stereocenters. The fourth-order valence-electron chi connectivity index (χ4n) is 2.22. The van der Waals surface area contributed by atoms with Gasteiger partial charge in [0.05, 0.1) is 5.25 Å². The lowest BCUT2D eigenvalue weighted by molar-refractivity contribution is -0.118. The maximum absolute atomic E-state index is 12.5. The molecule has 24 heavy (non-hydrogen) atoms. The summed E-state index contributed by atoms with van der Waals surface area (Å²) in [6, 6.07) is 15.1. The molecule has 0 unspecified atom stereocenters. The first-order valence-corrected chi connectivity index (χ1v) is 9.01. The highest BCUT2D eigenvalue weighted by Gasteiger charge is 2.16. The van der Waals surface area contributed by atoms with E-state index < -0.39 is 0 Å². The topological polar surface area (TPSA) is 46.2 Å². The number of halogens is 1. The van der Waals surface area contributed by atoms with Crippen LogP contribution in [-0.4, -0.2) is 23.5 Å². The van der Waals surface area contributed by atoms with Crippen molar-refractivity contribution in [3.05, 3.63) is 64.7 Å². The predicted molar refractivity (Wildman–Crippen MR) is 99.9 cm³/mol. The zero-order chi connectivity index (χ0) is 17.5. The summed E-state index contributed by atoms with van der Waals surface area (Å²) in [6.07, 6.45) is 0.753. The Labute approximate surface area is 151 Å². The van der Waals surface area contributed by atoms with E-state index in [-0.39, 0.29) is 16.9 Å². The van der Waals surface area contributed by atoms with Gasteiger partial charge in [-0.2, -0.15) is 0 Å². The summed E-state index contributed by atoms with van der Waals surface area (Å²) < 4.78 is 0. The summed E-state index contributed by atoms with van der Waals surface area (Å²) >= 11 is 7.40. The molecule has 0 heterocycles. The molecule has 0 saturated carbocycles. The van der Waals surface area contributed by atoms with Crippen LogP contribution in [0.4, 0.5) is 0 Å². The molecule has 3 nitrogen and oxygen atoms in total. The molecule has 1 amide bonds. The molecule has 0 fully saturated rings. The molecular formula is C19H20ClNO2S. The smallest absolute Gasteiger partial charge is 0.216 e. The lowest BCUT2D eigenvalue weighted by Crippen LogP contribution is -2.22. The molecule has 0 aromatic heterocycles. The van der Waals surface area contributed by atoms with Gasteiger partial charge in [0, 0.05) is 29.0 Å². The van der Waals surface area contributed by atoms with Crippen LogP contribution in [0.3, 0.4) is 0 Å². The lowest BCUT2D eigenvalue weighted by Gasteiger charge is -2.11. The molecule has 0 saturated heterocycles. The minimum atomic E-state index is -0.170. The second-order valence-corrected chi connectivity index (χ2v) is 7.36. The normalized spacial score (nSPS) is 11.8. The number of hydrogen-bond acceptors (Lipinski definition) is 3. The predicted octanol–water partition coefficient (Wildman–Crippen LogP) is 4.38. The van der Waals surface area contributed by atoms with Crippen molar-refractivity contribution in [1.29, 1.82) is 0 Å². The van der Waals surface area contributed by atoms with Crippen LogP contribution in [-0.2, 0) is 11.2 Å². The Bertz CT molecular complexity index is 698. The van der Waals surface area contributed by atoms with E-state index in [1.165, 1.54) is 18.7 Å². The summed E-state index contributed by atoms with van der Waals surface area (Å²) in [4.78, 5) is 24.4. The Morgan fingerprint density at radius 2 is 1.71 bits per heavy atom. The fourth-order valence-corrected chi connectivity index (χ4v) is 3.29. The summed E-state index contributed by atoms with van der Waals surface area (Å²) in [5, 5.41) is 3.28. The van der Waals surface area contributed by atoms with Gasteiger partial charge in [0.1, 0.15) is 0 Å². The highest BCUT2D eigenvalue weighted by molar-refractivity contribution is 8.00. The van der Waals surface area contributed by atoms with Gasteiger partial charge in [0.25, 0.3) is 0 Å². The van der Waals surface area contributed by atoms with Gasteiger partial charge in [-0.15, -0.1) is 11.8 Å². The highest BCUT2D eigenvalue weighted by atomic mass is 35.5.